The first-order valence-corrected chi connectivity index (χ1v) is 5.26. The summed E-state index contributed by atoms with van der Waals surface area (Å²) in [4.78, 5) is 8.97. The van der Waals surface area contributed by atoms with Gasteiger partial charge in [-0.3, -0.25) is 0 Å². The molecule has 0 aromatic carbocycles. The summed E-state index contributed by atoms with van der Waals surface area (Å²) in [6.45, 7) is 2.16. The fourth-order valence-electron chi connectivity index (χ4n) is 1.69. The van der Waals surface area contributed by atoms with Crippen LogP contribution >= 0.6 is 0 Å². The maximum atomic E-state index is 4.41. The second-order valence-electron chi connectivity index (χ2n) is 4.18. The second-order valence-corrected chi connectivity index (χ2v) is 4.18. The predicted octanol–water partition coefficient (Wildman–Crippen LogP) is 0.873. The van der Waals surface area contributed by atoms with Gasteiger partial charge in [0.25, 0.3) is 0 Å². The van der Waals surface area contributed by atoms with Crippen molar-refractivity contribution in [3.05, 3.63) is 18.3 Å². The van der Waals surface area contributed by atoms with E-state index in [1.54, 1.807) is 0 Å². The molecule has 0 saturated carbocycles. The number of anilines is 2. The molecule has 2 rings (SSSR count). The van der Waals surface area contributed by atoms with Crippen molar-refractivity contribution in [2.75, 3.05) is 44.4 Å². The lowest BCUT2D eigenvalue weighted by molar-refractivity contribution is 0.246. The van der Waals surface area contributed by atoms with Crippen molar-refractivity contribution in [1.29, 1.82) is 0 Å². The van der Waals surface area contributed by atoms with Crippen LogP contribution in [0.15, 0.2) is 18.3 Å². The van der Waals surface area contributed by atoms with Crippen molar-refractivity contribution < 1.29 is 0 Å². The molecule has 0 atom stereocenters. The smallest absolute Gasteiger partial charge is 0.128 e. The van der Waals surface area contributed by atoms with Crippen LogP contribution in [0.25, 0.3) is 0 Å². The number of nitrogens with zero attached hydrogens (tertiary/aromatic N) is 3. The molecule has 1 N–H and O–H groups in total. The van der Waals surface area contributed by atoms with E-state index in [2.05, 4.69) is 46.3 Å². The first-order valence-electron chi connectivity index (χ1n) is 5.26. The third-order valence-corrected chi connectivity index (χ3v) is 2.95. The Kier molecular flexibility index (Phi) is 2.77. The monoisotopic (exact) mass is 206 g/mol. The molecule has 4 nitrogen and oxygen atoms in total. The molecule has 1 aromatic rings. The van der Waals surface area contributed by atoms with E-state index in [1.165, 1.54) is 0 Å². The van der Waals surface area contributed by atoms with Gasteiger partial charge in [0.2, 0.25) is 0 Å². The lowest BCUT2D eigenvalue weighted by atomic mass is 10.1. The minimum Gasteiger partial charge on any atom is -0.387 e. The second kappa shape index (κ2) is 4.06. The summed E-state index contributed by atoms with van der Waals surface area (Å²) in [5.41, 5.74) is 1.06. The van der Waals surface area contributed by atoms with Crippen molar-refractivity contribution in [2.45, 2.75) is 6.04 Å². The van der Waals surface area contributed by atoms with Crippen molar-refractivity contribution in [3.8, 4) is 0 Å². The molecule has 0 aliphatic carbocycles. The summed E-state index contributed by atoms with van der Waals surface area (Å²) in [5, 5.41) is 3.07. The zero-order valence-electron chi connectivity index (χ0n) is 9.57. The van der Waals surface area contributed by atoms with E-state index in [4.69, 9.17) is 0 Å². The van der Waals surface area contributed by atoms with Crippen molar-refractivity contribution in [2.24, 2.45) is 0 Å². The summed E-state index contributed by atoms with van der Waals surface area (Å²) in [6, 6.07) is 4.80. The lowest BCUT2D eigenvalue weighted by Gasteiger charge is -2.43. The van der Waals surface area contributed by atoms with Gasteiger partial charge in [0, 0.05) is 26.2 Å². The average Bonchev–Trinajstić information content (AvgIpc) is 2.16. The number of aromatic nitrogens is 1. The minimum atomic E-state index is 0.677. The Labute approximate surface area is 90.9 Å². The van der Waals surface area contributed by atoms with Crippen molar-refractivity contribution in [1.82, 2.24) is 9.88 Å². The summed E-state index contributed by atoms with van der Waals surface area (Å²) in [6.07, 6.45) is 1.87. The zero-order valence-corrected chi connectivity index (χ0v) is 9.57. The summed E-state index contributed by atoms with van der Waals surface area (Å²) in [5.74, 6) is 1.08. The molecule has 1 fully saturated rings. The molecule has 2 heterocycles. The zero-order chi connectivity index (χ0) is 10.8. The van der Waals surface area contributed by atoms with Gasteiger partial charge in [0.1, 0.15) is 5.82 Å². The van der Waals surface area contributed by atoms with Crippen LogP contribution in [-0.2, 0) is 0 Å². The molecule has 82 valence electrons. The SMILES string of the molecule is CNc1ccc(N2CC(N(C)C)C2)nc1. The van der Waals surface area contributed by atoms with E-state index in [0.717, 1.165) is 24.6 Å². The van der Waals surface area contributed by atoms with Gasteiger partial charge in [-0.25, -0.2) is 4.98 Å². The van der Waals surface area contributed by atoms with E-state index in [1.807, 2.05) is 13.2 Å². The molecule has 1 aliphatic rings. The van der Waals surface area contributed by atoms with E-state index in [-0.39, 0.29) is 0 Å². The molecular weight excluding hydrogens is 188 g/mol. The van der Waals surface area contributed by atoms with Crippen LogP contribution < -0.4 is 10.2 Å². The van der Waals surface area contributed by atoms with E-state index < -0.39 is 0 Å². The Hall–Kier alpha value is -1.29. The van der Waals surface area contributed by atoms with Gasteiger partial charge >= 0.3 is 0 Å². The highest BCUT2D eigenvalue weighted by molar-refractivity contribution is 5.49. The average molecular weight is 206 g/mol. The van der Waals surface area contributed by atoms with E-state index >= 15 is 0 Å². The normalized spacial score (nSPS) is 16.7. The first kappa shape index (κ1) is 10.2. The molecule has 15 heavy (non-hydrogen) atoms. The minimum absolute atomic E-state index is 0.677. The van der Waals surface area contributed by atoms with Crippen LogP contribution in [0, 0.1) is 0 Å². The van der Waals surface area contributed by atoms with Crippen LogP contribution in [-0.4, -0.2) is 50.2 Å². The Bertz CT molecular complexity index is 314. The van der Waals surface area contributed by atoms with Crippen LogP contribution in [0.5, 0.6) is 0 Å². The lowest BCUT2D eigenvalue weighted by Crippen LogP contribution is -2.57. The van der Waals surface area contributed by atoms with Gasteiger partial charge < -0.3 is 15.1 Å². The van der Waals surface area contributed by atoms with Crippen molar-refractivity contribution in [3.63, 3.8) is 0 Å². The first-order chi connectivity index (χ1) is 7.20. The van der Waals surface area contributed by atoms with Gasteiger partial charge in [-0.2, -0.15) is 0 Å². The number of hydrogen-bond donors (Lipinski definition) is 1. The fraction of sp³-hybridized carbons (Fsp3) is 0.545. The van der Waals surface area contributed by atoms with Crippen LogP contribution in [0.1, 0.15) is 0 Å². The Morgan fingerprint density at radius 3 is 2.60 bits per heavy atom. The molecule has 0 spiro atoms. The highest BCUT2D eigenvalue weighted by Gasteiger charge is 2.28. The van der Waals surface area contributed by atoms with Gasteiger partial charge in [0.05, 0.1) is 11.9 Å². The number of hydrogen-bond acceptors (Lipinski definition) is 4. The number of pyridine rings is 1. The molecule has 4 heteroatoms. The molecule has 0 amide bonds. The van der Waals surface area contributed by atoms with Gasteiger partial charge in [-0.1, -0.05) is 0 Å². The quantitative estimate of drug-likeness (QED) is 0.795. The molecule has 1 aromatic heterocycles. The van der Waals surface area contributed by atoms with E-state index in [9.17, 15) is 0 Å². The summed E-state index contributed by atoms with van der Waals surface area (Å²) >= 11 is 0. The highest BCUT2D eigenvalue weighted by Crippen LogP contribution is 2.21. The summed E-state index contributed by atoms with van der Waals surface area (Å²) < 4.78 is 0. The molecule has 0 unspecified atom stereocenters. The Balaban J connectivity index is 1.95. The van der Waals surface area contributed by atoms with Gasteiger partial charge in [0.15, 0.2) is 0 Å². The van der Waals surface area contributed by atoms with Crippen LogP contribution in [0.4, 0.5) is 11.5 Å². The summed E-state index contributed by atoms with van der Waals surface area (Å²) in [7, 11) is 6.15. The fourth-order valence-corrected chi connectivity index (χ4v) is 1.69. The third-order valence-electron chi connectivity index (χ3n) is 2.95. The molecule has 1 aliphatic heterocycles. The predicted molar refractivity (Wildman–Crippen MR) is 63.5 cm³/mol. The molecular formula is C11H18N4. The van der Waals surface area contributed by atoms with Gasteiger partial charge in [-0.05, 0) is 26.2 Å². The maximum absolute atomic E-state index is 4.41. The maximum Gasteiger partial charge on any atom is 0.128 e. The molecule has 1 saturated heterocycles. The third kappa shape index (κ3) is 2.04. The van der Waals surface area contributed by atoms with E-state index in [0.29, 0.717) is 6.04 Å². The standard InChI is InChI=1S/C11H18N4/c1-12-9-4-5-11(13-6-9)15-7-10(8-15)14(2)3/h4-6,10,12H,7-8H2,1-3H3. The number of rotatable bonds is 3. The Morgan fingerprint density at radius 2 is 2.13 bits per heavy atom. The number of likely N-dealkylation sites (N-methyl/N-ethyl adjacent to an activating group) is 1. The molecule has 0 radical (unpaired) electrons. The van der Waals surface area contributed by atoms with Gasteiger partial charge in [-0.15, -0.1) is 0 Å². The molecule has 0 bridgehead atoms. The van der Waals surface area contributed by atoms with Crippen LogP contribution in [0.3, 0.4) is 0 Å². The van der Waals surface area contributed by atoms with Crippen LogP contribution in [0.2, 0.25) is 0 Å². The highest BCUT2D eigenvalue weighted by atomic mass is 15.3. The topological polar surface area (TPSA) is 31.4 Å². The largest absolute Gasteiger partial charge is 0.387 e. The Morgan fingerprint density at radius 1 is 1.40 bits per heavy atom. The van der Waals surface area contributed by atoms with Crippen molar-refractivity contribution >= 4 is 11.5 Å². The number of nitrogens with one attached hydrogen (secondary N) is 1.